The lowest BCUT2D eigenvalue weighted by Crippen LogP contribution is -2.10. The van der Waals surface area contributed by atoms with Crippen LogP contribution >= 0.6 is 22.9 Å². The zero-order chi connectivity index (χ0) is 24.7. The van der Waals surface area contributed by atoms with Gasteiger partial charge in [-0.3, -0.25) is 14.9 Å². The molecule has 0 saturated carbocycles. The van der Waals surface area contributed by atoms with Crippen molar-refractivity contribution in [3.05, 3.63) is 86.2 Å². The van der Waals surface area contributed by atoms with Crippen LogP contribution in [-0.2, 0) is 0 Å². The molecule has 1 atom stereocenters. The molecule has 0 aliphatic rings. The number of thiophene rings is 1. The molecule has 1 amide bonds. The number of amides is 1. The number of anilines is 1. The number of oxazole rings is 1. The maximum atomic E-state index is 12.9. The SMILES string of the molecule is CC[C@@H](C)c1ccc2oc(-c3ccc(NC(=O)c4sc5c([N+](=O)[O-])cccc5c4Cl)cc3)nc2c1. The van der Waals surface area contributed by atoms with Gasteiger partial charge in [-0.1, -0.05) is 43.6 Å². The van der Waals surface area contributed by atoms with Gasteiger partial charge in [0, 0.05) is 22.7 Å². The second-order valence-electron chi connectivity index (χ2n) is 8.24. The number of hydrogen-bond donors (Lipinski definition) is 1. The smallest absolute Gasteiger partial charge is 0.287 e. The van der Waals surface area contributed by atoms with E-state index in [1.807, 2.05) is 18.2 Å². The minimum absolute atomic E-state index is 0.0765. The van der Waals surface area contributed by atoms with Gasteiger partial charge in [-0.15, -0.1) is 11.3 Å². The molecule has 0 saturated heterocycles. The molecular formula is C26H20ClN3O4S. The quantitative estimate of drug-likeness (QED) is 0.186. The van der Waals surface area contributed by atoms with Gasteiger partial charge in [0.15, 0.2) is 5.58 Å². The number of halogens is 1. The average Bonchev–Trinajstić information content (AvgIpc) is 3.44. The Labute approximate surface area is 209 Å². The summed E-state index contributed by atoms with van der Waals surface area (Å²) in [6.07, 6.45) is 1.05. The van der Waals surface area contributed by atoms with E-state index >= 15 is 0 Å². The summed E-state index contributed by atoms with van der Waals surface area (Å²) in [5.74, 6) is 0.514. The summed E-state index contributed by atoms with van der Waals surface area (Å²) >= 11 is 7.39. The Kier molecular flexibility index (Phi) is 6.00. The number of nitrogens with one attached hydrogen (secondary N) is 1. The van der Waals surface area contributed by atoms with Gasteiger partial charge in [0.05, 0.1) is 9.95 Å². The van der Waals surface area contributed by atoms with Gasteiger partial charge in [0.1, 0.15) is 15.1 Å². The van der Waals surface area contributed by atoms with Crippen LogP contribution in [0.1, 0.15) is 41.4 Å². The summed E-state index contributed by atoms with van der Waals surface area (Å²) in [5.41, 5.74) is 4.01. The van der Waals surface area contributed by atoms with Crippen LogP contribution in [0.15, 0.2) is 65.1 Å². The van der Waals surface area contributed by atoms with Crippen LogP contribution in [0, 0.1) is 10.1 Å². The largest absolute Gasteiger partial charge is 0.436 e. The van der Waals surface area contributed by atoms with E-state index in [0.29, 0.717) is 27.6 Å². The summed E-state index contributed by atoms with van der Waals surface area (Å²) in [5, 5.41) is 14.8. The fourth-order valence-electron chi connectivity index (χ4n) is 3.86. The van der Waals surface area contributed by atoms with Gasteiger partial charge >= 0.3 is 0 Å². The van der Waals surface area contributed by atoms with Crippen LogP contribution < -0.4 is 5.32 Å². The fraction of sp³-hybridized carbons (Fsp3) is 0.154. The van der Waals surface area contributed by atoms with E-state index in [0.717, 1.165) is 34.4 Å². The van der Waals surface area contributed by atoms with Crippen molar-refractivity contribution >= 4 is 61.4 Å². The molecule has 0 fully saturated rings. The van der Waals surface area contributed by atoms with E-state index in [1.54, 1.807) is 24.3 Å². The second kappa shape index (κ2) is 9.13. The molecular weight excluding hydrogens is 486 g/mol. The molecule has 0 bridgehead atoms. The van der Waals surface area contributed by atoms with Crippen LogP contribution in [0.25, 0.3) is 32.6 Å². The van der Waals surface area contributed by atoms with E-state index in [1.165, 1.54) is 11.6 Å². The minimum Gasteiger partial charge on any atom is -0.436 e. The number of rotatable bonds is 6. The highest BCUT2D eigenvalue weighted by atomic mass is 35.5. The van der Waals surface area contributed by atoms with Crippen LogP contribution in [-0.4, -0.2) is 15.8 Å². The molecule has 0 spiro atoms. The van der Waals surface area contributed by atoms with E-state index in [2.05, 4.69) is 36.3 Å². The van der Waals surface area contributed by atoms with Crippen molar-refractivity contribution in [1.29, 1.82) is 0 Å². The van der Waals surface area contributed by atoms with Crippen LogP contribution in [0.2, 0.25) is 5.02 Å². The molecule has 0 aliphatic heterocycles. The zero-order valence-electron chi connectivity index (χ0n) is 18.9. The predicted molar refractivity (Wildman–Crippen MR) is 140 cm³/mol. The summed E-state index contributed by atoms with van der Waals surface area (Å²) in [4.78, 5) is 28.6. The normalized spacial score (nSPS) is 12.2. The van der Waals surface area contributed by atoms with Crippen molar-refractivity contribution in [1.82, 2.24) is 4.98 Å². The van der Waals surface area contributed by atoms with Gasteiger partial charge in [0.2, 0.25) is 5.89 Å². The predicted octanol–water partition coefficient (Wildman–Crippen LogP) is 8.04. The molecule has 176 valence electrons. The van der Waals surface area contributed by atoms with Gasteiger partial charge in [0.25, 0.3) is 11.6 Å². The molecule has 0 radical (unpaired) electrons. The lowest BCUT2D eigenvalue weighted by Gasteiger charge is -2.07. The summed E-state index contributed by atoms with van der Waals surface area (Å²) in [6, 6.07) is 17.8. The van der Waals surface area contributed by atoms with Gasteiger partial charge in [-0.2, -0.15) is 0 Å². The number of fused-ring (bicyclic) bond motifs is 2. The Morgan fingerprint density at radius 1 is 1.20 bits per heavy atom. The first kappa shape index (κ1) is 23.0. The molecule has 3 aromatic carbocycles. The lowest BCUT2D eigenvalue weighted by atomic mass is 9.98. The molecule has 5 aromatic rings. The number of nitrogens with zero attached hydrogens (tertiary/aromatic N) is 2. The monoisotopic (exact) mass is 505 g/mol. The zero-order valence-corrected chi connectivity index (χ0v) is 20.4. The van der Waals surface area contributed by atoms with Crippen molar-refractivity contribution < 1.29 is 14.1 Å². The molecule has 2 aromatic heterocycles. The first-order valence-electron chi connectivity index (χ1n) is 11.0. The van der Waals surface area contributed by atoms with Crippen LogP contribution in [0.4, 0.5) is 11.4 Å². The van der Waals surface area contributed by atoms with E-state index in [9.17, 15) is 14.9 Å². The molecule has 1 N–H and O–H groups in total. The number of nitro groups is 1. The lowest BCUT2D eigenvalue weighted by molar-refractivity contribution is -0.382. The average molecular weight is 506 g/mol. The molecule has 9 heteroatoms. The number of aromatic nitrogens is 1. The van der Waals surface area contributed by atoms with Crippen LogP contribution in [0.5, 0.6) is 0 Å². The third-order valence-corrected chi connectivity index (χ3v) is 7.75. The van der Waals surface area contributed by atoms with E-state index in [4.69, 9.17) is 16.0 Å². The van der Waals surface area contributed by atoms with Crippen molar-refractivity contribution in [2.45, 2.75) is 26.2 Å². The molecule has 0 aliphatic carbocycles. The first-order valence-corrected chi connectivity index (χ1v) is 12.2. The van der Waals surface area contributed by atoms with Crippen molar-refractivity contribution in [3.8, 4) is 11.5 Å². The molecule has 7 nitrogen and oxygen atoms in total. The second-order valence-corrected chi connectivity index (χ2v) is 9.64. The highest BCUT2D eigenvalue weighted by Crippen LogP contribution is 2.40. The third-order valence-electron chi connectivity index (χ3n) is 6.02. The summed E-state index contributed by atoms with van der Waals surface area (Å²) in [7, 11) is 0. The Morgan fingerprint density at radius 3 is 2.69 bits per heavy atom. The summed E-state index contributed by atoms with van der Waals surface area (Å²) in [6.45, 7) is 4.34. The Morgan fingerprint density at radius 2 is 1.97 bits per heavy atom. The van der Waals surface area contributed by atoms with E-state index < -0.39 is 10.8 Å². The van der Waals surface area contributed by atoms with Gasteiger partial charge in [-0.05, 0) is 54.3 Å². The van der Waals surface area contributed by atoms with Crippen LogP contribution in [0.3, 0.4) is 0 Å². The van der Waals surface area contributed by atoms with Gasteiger partial charge < -0.3 is 9.73 Å². The number of hydrogen-bond acceptors (Lipinski definition) is 6. The summed E-state index contributed by atoms with van der Waals surface area (Å²) < 4.78 is 6.29. The first-order chi connectivity index (χ1) is 16.9. The number of carbonyl (C=O) groups is 1. The van der Waals surface area contributed by atoms with Gasteiger partial charge in [-0.25, -0.2) is 4.98 Å². The molecule has 5 rings (SSSR count). The molecule has 2 heterocycles. The minimum atomic E-state index is -0.479. The standard InChI is InChI=1S/C26H20ClN3O4S/c1-3-14(2)16-9-12-21-19(13-16)29-26(34-21)15-7-10-17(11-8-15)28-25(31)24-22(27)18-5-4-6-20(30(32)33)23(18)35-24/h4-14H,3H2,1-2H3,(H,28,31)/t14-/m1/s1. The maximum Gasteiger partial charge on any atom is 0.287 e. The number of nitro benzene ring substituents is 1. The van der Waals surface area contributed by atoms with Crippen molar-refractivity contribution in [2.75, 3.05) is 5.32 Å². The van der Waals surface area contributed by atoms with Crippen molar-refractivity contribution in [3.63, 3.8) is 0 Å². The fourth-order valence-corrected chi connectivity index (χ4v) is 5.35. The Hall–Kier alpha value is -3.75. The maximum absolute atomic E-state index is 12.9. The number of non-ortho nitro benzene ring substituents is 1. The Bertz CT molecular complexity index is 1590. The molecule has 0 unspecified atom stereocenters. The number of carbonyl (C=O) groups excluding carboxylic acids is 1. The topological polar surface area (TPSA) is 98.3 Å². The number of benzene rings is 3. The Balaban J connectivity index is 1.38. The molecule has 35 heavy (non-hydrogen) atoms. The highest BCUT2D eigenvalue weighted by Gasteiger charge is 2.23. The van der Waals surface area contributed by atoms with Crippen molar-refractivity contribution in [2.24, 2.45) is 0 Å². The third kappa shape index (κ3) is 4.26. The highest BCUT2D eigenvalue weighted by molar-refractivity contribution is 7.22. The van der Waals surface area contributed by atoms with E-state index in [-0.39, 0.29) is 15.6 Å².